The number of aryl methyl sites for hydroxylation is 1. The summed E-state index contributed by atoms with van der Waals surface area (Å²) in [5, 5.41) is 18.7. The largest absolute Gasteiger partial charge is 0.480 e. The molecule has 0 saturated heterocycles. The van der Waals surface area contributed by atoms with Crippen molar-refractivity contribution in [3.05, 3.63) is 33.8 Å². The maximum absolute atomic E-state index is 11.5. The first-order valence-electron chi connectivity index (χ1n) is 5.69. The van der Waals surface area contributed by atoms with E-state index in [1.807, 2.05) is 45.0 Å². The van der Waals surface area contributed by atoms with Crippen molar-refractivity contribution in [3.63, 3.8) is 0 Å². The molecule has 0 radical (unpaired) electrons. The van der Waals surface area contributed by atoms with Gasteiger partial charge in [-0.1, -0.05) is 35.8 Å². The zero-order chi connectivity index (χ0) is 13.7. The Hall–Kier alpha value is -1.34. The highest BCUT2D eigenvalue weighted by Crippen LogP contribution is 2.74. The van der Waals surface area contributed by atoms with Crippen LogP contribution in [0.15, 0.2) is 22.7 Å². The van der Waals surface area contributed by atoms with E-state index in [1.54, 1.807) is 0 Å². The van der Waals surface area contributed by atoms with Gasteiger partial charge in [0, 0.05) is 15.8 Å². The molecule has 3 nitrogen and oxygen atoms in total. The number of benzene rings is 1. The highest BCUT2D eigenvalue weighted by molar-refractivity contribution is 9.10. The van der Waals surface area contributed by atoms with E-state index in [0.717, 1.165) is 15.6 Å². The van der Waals surface area contributed by atoms with Gasteiger partial charge in [0.15, 0.2) is 5.41 Å². The minimum atomic E-state index is -1.30. The van der Waals surface area contributed by atoms with Crippen LogP contribution < -0.4 is 0 Å². The van der Waals surface area contributed by atoms with Crippen LogP contribution in [0.1, 0.15) is 30.9 Å². The van der Waals surface area contributed by atoms with Gasteiger partial charge in [-0.2, -0.15) is 5.26 Å². The molecule has 1 saturated carbocycles. The van der Waals surface area contributed by atoms with E-state index in [1.165, 1.54) is 0 Å². The second-order valence-corrected chi connectivity index (χ2v) is 6.30. The van der Waals surface area contributed by atoms with Gasteiger partial charge in [-0.3, -0.25) is 4.79 Å². The molecule has 2 atom stereocenters. The number of nitrogens with zero attached hydrogens (tertiary/aromatic N) is 1. The lowest BCUT2D eigenvalue weighted by atomic mass is 9.97. The van der Waals surface area contributed by atoms with Gasteiger partial charge in [0.25, 0.3) is 0 Å². The minimum absolute atomic E-state index is 0.249. The molecule has 1 N–H and O–H groups in total. The van der Waals surface area contributed by atoms with Crippen molar-refractivity contribution in [1.82, 2.24) is 0 Å². The Kier molecular flexibility index (Phi) is 2.78. The van der Waals surface area contributed by atoms with Gasteiger partial charge in [-0.25, -0.2) is 0 Å². The smallest absolute Gasteiger partial charge is 0.325 e. The van der Waals surface area contributed by atoms with Gasteiger partial charge in [0.2, 0.25) is 0 Å². The zero-order valence-corrected chi connectivity index (χ0v) is 12.1. The first-order chi connectivity index (χ1) is 8.29. The Morgan fingerprint density at radius 2 is 2.11 bits per heavy atom. The number of carbonyl (C=O) groups is 1. The lowest BCUT2D eigenvalue weighted by Crippen LogP contribution is -2.19. The fourth-order valence-electron chi connectivity index (χ4n) is 3.00. The third-order valence-electron chi connectivity index (χ3n) is 4.14. The summed E-state index contributed by atoms with van der Waals surface area (Å²) in [6.07, 6.45) is 0. The summed E-state index contributed by atoms with van der Waals surface area (Å²) in [5.74, 6) is -1.28. The summed E-state index contributed by atoms with van der Waals surface area (Å²) in [7, 11) is 0. The zero-order valence-electron chi connectivity index (χ0n) is 10.5. The molecule has 1 aliphatic rings. The number of halogens is 1. The number of hydrogen-bond acceptors (Lipinski definition) is 2. The third-order valence-corrected chi connectivity index (χ3v) is 4.64. The fourth-order valence-corrected chi connectivity index (χ4v) is 3.48. The Labute approximate surface area is 115 Å². The van der Waals surface area contributed by atoms with Gasteiger partial charge in [0.05, 0.1) is 6.07 Å². The third kappa shape index (κ3) is 1.44. The molecule has 0 aliphatic heterocycles. The van der Waals surface area contributed by atoms with E-state index >= 15 is 0 Å². The molecule has 1 aromatic rings. The van der Waals surface area contributed by atoms with Crippen molar-refractivity contribution in [2.45, 2.75) is 26.7 Å². The molecule has 0 heterocycles. The van der Waals surface area contributed by atoms with Crippen LogP contribution in [0.2, 0.25) is 0 Å². The quantitative estimate of drug-likeness (QED) is 0.910. The van der Waals surface area contributed by atoms with Gasteiger partial charge >= 0.3 is 5.97 Å². The average Bonchev–Trinajstić information content (AvgIpc) is 2.76. The van der Waals surface area contributed by atoms with Crippen LogP contribution in [0.25, 0.3) is 0 Å². The van der Waals surface area contributed by atoms with E-state index in [9.17, 15) is 15.2 Å². The molecule has 0 amide bonds. The van der Waals surface area contributed by atoms with Crippen LogP contribution in [0.4, 0.5) is 0 Å². The molecule has 1 aliphatic carbocycles. The summed E-state index contributed by atoms with van der Waals surface area (Å²) >= 11 is 3.39. The molecule has 0 bridgehead atoms. The van der Waals surface area contributed by atoms with Crippen molar-refractivity contribution >= 4 is 21.9 Å². The second kappa shape index (κ2) is 3.83. The molecule has 0 spiro atoms. The Balaban J connectivity index is 2.55. The molecule has 4 heteroatoms. The molecular weight excluding hydrogens is 294 g/mol. The summed E-state index contributed by atoms with van der Waals surface area (Å²) in [6, 6.07) is 7.77. The van der Waals surface area contributed by atoms with Crippen molar-refractivity contribution in [2.75, 3.05) is 0 Å². The second-order valence-electron chi connectivity index (χ2n) is 5.38. The maximum Gasteiger partial charge on any atom is 0.325 e. The van der Waals surface area contributed by atoms with E-state index in [-0.39, 0.29) is 5.92 Å². The lowest BCUT2D eigenvalue weighted by Gasteiger charge is -2.07. The first kappa shape index (κ1) is 13.1. The molecule has 94 valence electrons. The van der Waals surface area contributed by atoms with Crippen LogP contribution in [0.5, 0.6) is 0 Å². The highest BCUT2D eigenvalue weighted by Gasteiger charge is 2.77. The van der Waals surface area contributed by atoms with Gasteiger partial charge < -0.3 is 5.11 Å². The van der Waals surface area contributed by atoms with Crippen molar-refractivity contribution < 1.29 is 9.90 Å². The number of aliphatic carboxylic acids is 1. The maximum atomic E-state index is 11.5. The topological polar surface area (TPSA) is 61.1 Å². The van der Waals surface area contributed by atoms with Crippen LogP contribution >= 0.6 is 15.9 Å². The van der Waals surface area contributed by atoms with Gasteiger partial charge in [-0.05, 0) is 30.2 Å². The SMILES string of the molecule is Cc1cc(Br)ccc1C1C(C)(C)C1(C#N)C(=O)O. The number of rotatable bonds is 2. The predicted molar refractivity (Wildman–Crippen MR) is 71.1 cm³/mol. The number of hydrogen-bond donors (Lipinski definition) is 1. The van der Waals surface area contributed by atoms with Crippen LogP contribution in [-0.2, 0) is 4.79 Å². The Morgan fingerprint density at radius 3 is 2.50 bits per heavy atom. The summed E-state index contributed by atoms with van der Waals surface area (Å²) < 4.78 is 0.958. The predicted octanol–water partition coefficient (Wildman–Crippen LogP) is 3.48. The number of carboxylic acids is 1. The normalized spacial score (nSPS) is 28.5. The summed E-state index contributed by atoms with van der Waals surface area (Å²) in [5.41, 5.74) is 0.130. The van der Waals surface area contributed by atoms with E-state index < -0.39 is 16.8 Å². The summed E-state index contributed by atoms with van der Waals surface area (Å²) in [4.78, 5) is 11.5. The van der Waals surface area contributed by atoms with Crippen molar-refractivity contribution in [1.29, 1.82) is 5.26 Å². The van der Waals surface area contributed by atoms with Gasteiger partial charge in [-0.15, -0.1) is 0 Å². The fraction of sp³-hybridized carbons (Fsp3) is 0.429. The minimum Gasteiger partial charge on any atom is -0.480 e. The molecule has 1 aromatic carbocycles. The van der Waals surface area contributed by atoms with E-state index in [2.05, 4.69) is 15.9 Å². The molecule has 2 unspecified atom stereocenters. The summed E-state index contributed by atoms with van der Waals surface area (Å²) in [6.45, 7) is 5.63. The number of nitriles is 1. The average molecular weight is 308 g/mol. The number of carboxylic acid groups (broad SMARTS) is 1. The van der Waals surface area contributed by atoms with Gasteiger partial charge in [0.1, 0.15) is 0 Å². The molecule has 1 fully saturated rings. The monoisotopic (exact) mass is 307 g/mol. The Morgan fingerprint density at radius 1 is 1.50 bits per heavy atom. The molecule has 2 rings (SSSR count). The molecule has 0 aromatic heterocycles. The van der Waals surface area contributed by atoms with E-state index in [4.69, 9.17) is 0 Å². The van der Waals surface area contributed by atoms with Crippen LogP contribution in [-0.4, -0.2) is 11.1 Å². The molecule has 18 heavy (non-hydrogen) atoms. The van der Waals surface area contributed by atoms with Crippen LogP contribution in [0.3, 0.4) is 0 Å². The first-order valence-corrected chi connectivity index (χ1v) is 6.49. The Bertz CT molecular complexity index is 574. The van der Waals surface area contributed by atoms with Crippen molar-refractivity contribution in [2.24, 2.45) is 10.8 Å². The van der Waals surface area contributed by atoms with Crippen LogP contribution in [0, 0.1) is 29.1 Å². The highest BCUT2D eigenvalue weighted by atomic mass is 79.9. The standard InChI is InChI=1S/C14H14BrNO2/c1-8-6-9(15)4-5-10(8)11-13(2,3)14(11,7-16)12(17)18/h4-6,11H,1-3H3,(H,17,18). The lowest BCUT2D eigenvalue weighted by molar-refractivity contribution is -0.142. The van der Waals surface area contributed by atoms with E-state index in [0.29, 0.717) is 0 Å². The van der Waals surface area contributed by atoms with Crippen molar-refractivity contribution in [3.8, 4) is 6.07 Å². The molecular formula is C14H14BrNO2.